The molecule has 1 rings (SSSR count). The lowest BCUT2D eigenvalue weighted by Gasteiger charge is -2.01. The van der Waals surface area contributed by atoms with Gasteiger partial charge in [-0.25, -0.2) is 4.79 Å². The third-order valence-electron chi connectivity index (χ3n) is 2.36. The van der Waals surface area contributed by atoms with E-state index in [9.17, 15) is 9.59 Å². The summed E-state index contributed by atoms with van der Waals surface area (Å²) >= 11 is 2.84. The van der Waals surface area contributed by atoms with Crippen LogP contribution < -0.4 is 0 Å². The molecule has 94 valence electrons. The molecule has 0 aliphatic carbocycles. The molecule has 0 aliphatic rings. The van der Waals surface area contributed by atoms with Crippen LogP contribution in [0.5, 0.6) is 0 Å². The Morgan fingerprint density at radius 3 is 2.47 bits per heavy atom. The lowest BCUT2D eigenvalue weighted by molar-refractivity contribution is 0.0531. The minimum atomic E-state index is -0.333. The van der Waals surface area contributed by atoms with Gasteiger partial charge < -0.3 is 4.74 Å². The highest BCUT2D eigenvalue weighted by Gasteiger charge is 2.23. The van der Waals surface area contributed by atoms with E-state index in [2.05, 4.69) is 0 Å². The number of esters is 1. The molecule has 0 aliphatic heterocycles. The lowest BCUT2D eigenvalue weighted by atomic mass is 10.1. The molecule has 0 N–H and O–H groups in total. The molecule has 0 amide bonds. The van der Waals surface area contributed by atoms with Crippen molar-refractivity contribution in [2.75, 3.05) is 12.9 Å². The number of hydrogen-bond acceptors (Lipinski definition) is 5. The van der Waals surface area contributed by atoms with Crippen molar-refractivity contribution in [3.63, 3.8) is 0 Å². The molecule has 0 atom stereocenters. The molecular weight excluding hydrogens is 256 g/mol. The predicted molar refractivity (Wildman–Crippen MR) is 71.4 cm³/mol. The van der Waals surface area contributed by atoms with Gasteiger partial charge in [0.15, 0.2) is 5.78 Å². The summed E-state index contributed by atoms with van der Waals surface area (Å²) in [6, 6.07) is 0. The first-order valence-electron chi connectivity index (χ1n) is 5.44. The smallest absolute Gasteiger partial charge is 0.348 e. The van der Waals surface area contributed by atoms with Gasteiger partial charge in [-0.1, -0.05) is 6.92 Å². The average Bonchev–Trinajstić information content (AvgIpc) is 2.65. The van der Waals surface area contributed by atoms with E-state index in [0.29, 0.717) is 23.5 Å². The molecule has 17 heavy (non-hydrogen) atoms. The molecule has 0 spiro atoms. The van der Waals surface area contributed by atoms with Gasteiger partial charge in [0.2, 0.25) is 0 Å². The first-order chi connectivity index (χ1) is 8.06. The fourth-order valence-corrected chi connectivity index (χ4v) is 3.53. The van der Waals surface area contributed by atoms with Crippen molar-refractivity contribution >= 4 is 34.9 Å². The maximum atomic E-state index is 11.8. The summed E-state index contributed by atoms with van der Waals surface area (Å²) in [5, 5.41) is 0. The van der Waals surface area contributed by atoms with Crippen LogP contribution in [0.4, 0.5) is 0 Å². The maximum absolute atomic E-state index is 11.8. The van der Waals surface area contributed by atoms with Gasteiger partial charge in [-0.15, -0.1) is 23.1 Å². The number of thiophene rings is 1. The zero-order valence-electron chi connectivity index (χ0n) is 10.5. The van der Waals surface area contributed by atoms with Gasteiger partial charge in [0.05, 0.1) is 10.8 Å². The number of rotatable bonds is 5. The highest BCUT2D eigenvalue weighted by molar-refractivity contribution is 8.00. The van der Waals surface area contributed by atoms with E-state index < -0.39 is 0 Å². The van der Waals surface area contributed by atoms with Gasteiger partial charge in [-0.05, 0) is 25.7 Å². The van der Waals surface area contributed by atoms with E-state index in [1.54, 1.807) is 6.92 Å². The van der Waals surface area contributed by atoms with Crippen LogP contribution in [0.2, 0.25) is 0 Å². The fourth-order valence-electron chi connectivity index (χ4n) is 1.52. The van der Waals surface area contributed by atoms with Gasteiger partial charge in [-0.2, -0.15) is 0 Å². The maximum Gasteiger partial charge on any atom is 0.348 e. The van der Waals surface area contributed by atoms with Crippen molar-refractivity contribution in [2.45, 2.75) is 31.4 Å². The Balaban J connectivity index is 3.23. The van der Waals surface area contributed by atoms with Crippen LogP contribution in [0.3, 0.4) is 0 Å². The Labute approximate surface area is 110 Å². The molecule has 0 aromatic carbocycles. The van der Waals surface area contributed by atoms with Crippen LogP contribution >= 0.6 is 23.1 Å². The molecule has 0 saturated carbocycles. The number of thioether (sulfide) groups is 1. The third kappa shape index (κ3) is 2.90. The van der Waals surface area contributed by atoms with E-state index in [1.807, 2.05) is 20.1 Å². The second kappa shape index (κ2) is 6.21. The summed E-state index contributed by atoms with van der Waals surface area (Å²) in [6.45, 7) is 5.76. The number of ketones is 1. The number of hydrogen-bond donors (Lipinski definition) is 0. The molecule has 1 heterocycles. The molecule has 0 radical (unpaired) electrons. The van der Waals surface area contributed by atoms with E-state index in [0.717, 1.165) is 9.77 Å². The van der Waals surface area contributed by atoms with E-state index in [-0.39, 0.29) is 11.8 Å². The molecule has 0 unspecified atom stereocenters. The quantitative estimate of drug-likeness (QED) is 0.467. The molecule has 0 fully saturated rings. The highest BCUT2D eigenvalue weighted by atomic mass is 32.2. The molecule has 0 saturated heterocycles. The van der Waals surface area contributed by atoms with Gasteiger partial charge >= 0.3 is 5.97 Å². The van der Waals surface area contributed by atoms with Crippen molar-refractivity contribution in [3.05, 3.63) is 16.0 Å². The minimum absolute atomic E-state index is 0.0821. The summed E-state index contributed by atoms with van der Waals surface area (Å²) in [7, 11) is 0. The molecular formula is C12H16O3S2. The standard InChI is InChI=1S/C12H16O3S2/c1-5-8(13)9-7(3)10(11(14)15-6-2)17-12(9)16-4/h5-6H2,1-4H3. The first kappa shape index (κ1) is 14.3. The van der Waals surface area contributed by atoms with Crippen LogP contribution in [0.15, 0.2) is 4.21 Å². The average molecular weight is 272 g/mol. The number of ether oxygens (including phenoxy) is 1. The van der Waals surface area contributed by atoms with Crippen molar-refractivity contribution in [1.82, 2.24) is 0 Å². The third-order valence-corrected chi connectivity index (χ3v) is 4.75. The monoisotopic (exact) mass is 272 g/mol. The van der Waals surface area contributed by atoms with Crippen LogP contribution in [0.1, 0.15) is 45.9 Å². The van der Waals surface area contributed by atoms with Gasteiger partial charge in [-0.3, -0.25) is 4.79 Å². The summed E-state index contributed by atoms with van der Waals surface area (Å²) in [5.41, 5.74) is 1.44. The van der Waals surface area contributed by atoms with Crippen molar-refractivity contribution in [3.8, 4) is 0 Å². The van der Waals surface area contributed by atoms with Crippen LogP contribution in [0.25, 0.3) is 0 Å². The molecule has 3 nitrogen and oxygen atoms in total. The highest BCUT2D eigenvalue weighted by Crippen LogP contribution is 2.35. The number of carbonyl (C=O) groups excluding carboxylic acids is 2. The van der Waals surface area contributed by atoms with Gasteiger partial charge in [0, 0.05) is 12.0 Å². The lowest BCUT2D eigenvalue weighted by Crippen LogP contribution is -2.05. The molecule has 5 heteroatoms. The summed E-state index contributed by atoms with van der Waals surface area (Å²) in [6.07, 6.45) is 2.36. The SMILES string of the molecule is CCOC(=O)c1sc(SC)c(C(=O)CC)c1C. The van der Waals surface area contributed by atoms with Crippen LogP contribution in [0, 0.1) is 6.92 Å². The fraction of sp³-hybridized carbons (Fsp3) is 0.500. The van der Waals surface area contributed by atoms with Crippen LogP contribution in [-0.4, -0.2) is 24.6 Å². The predicted octanol–water partition coefficient (Wildman–Crippen LogP) is 3.55. The second-order valence-corrected chi connectivity index (χ2v) is 5.52. The zero-order valence-corrected chi connectivity index (χ0v) is 12.1. The normalized spacial score (nSPS) is 10.4. The molecule has 0 bridgehead atoms. The largest absolute Gasteiger partial charge is 0.462 e. The zero-order chi connectivity index (χ0) is 13.0. The Hall–Kier alpha value is -0.810. The Kier molecular flexibility index (Phi) is 5.21. The van der Waals surface area contributed by atoms with E-state index in [1.165, 1.54) is 23.1 Å². The number of Topliss-reactive ketones (excluding diaryl/α,β-unsaturated/α-hetero) is 1. The first-order valence-corrected chi connectivity index (χ1v) is 7.48. The Bertz CT molecular complexity index is 435. The van der Waals surface area contributed by atoms with Gasteiger partial charge in [0.1, 0.15) is 4.88 Å². The minimum Gasteiger partial charge on any atom is -0.462 e. The van der Waals surface area contributed by atoms with E-state index >= 15 is 0 Å². The topological polar surface area (TPSA) is 43.4 Å². The Morgan fingerprint density at radius 1 is 1.35 bits per heavy atom. The Morgan fingerprint density at radius 2 is 2.00 bits per heavy atom. The summed E-state index contributed by atoms with van der Waals surface area (Å²) in [5.74, 6) is -0.251. The van der Waals surface area contributed by atoms with Crippen molar-refractivity contribution < 1.29 is 14.3 Å². The van der Waals surface area contributed by atoms with Crippen molar-refractivity contribution in [1.29, 1.82) is 0 Å². The number of carbonyl (C=O) groups is 2. The summed E-state index contributed by atoms with van der Waals surface area (Å²) < 4.78 is 5.89. The second-order valence-electron chi connectivity index (χ2n) is 3.42. The van der Waals surface area contributed by atoms with E-state index in [4.69, 9.17) is 4.74 Å². The summed E-state index contributed by atoms with van der Waals surface area (Å²) in [4.78, 5) is 24.1. The molecule has 1 aromatic rings. The van der Waals surface area contributed by atoms with Crippen LogP contribution in [-0.2, 0) is 4.74 Å². The molecule has 1 aromatic heterocycles. The van der Waals surface area contributed by atoms with Crippen molar-refractivity contribution in [2.24, 2.45) is 0 Å². The van der Waals surface area contributed by atoms with Gasteiger partial charge in [0.25, 0.3) is 0 Å².